The number of hydrogen-bond donors (Lipinski definition) is 2. The van der Waals surface area contributed by atoms with E-state index in [9.17, 15) is 9.59 Å². The first kappa shape index (κ1) is 27.9. The van der Waals surface area contributed by atoms with Crippen LogP contribution in [0.1, 0.15) is 44.5 Å². The number of hydrogen-bond acceptors (Lipinski definition) is 3. The number of aromatic nitrogens is 2. The predicted molar refractivity (Wildman–Crippen MR) is 158 cm³/mol. The van der Waals surface area contributed by atoms with E-state index < -0.39 is 0 Å². The van der Waals surface area contributed by atoms with Crippen molar-refractivity contribution in [1.82, 2.24) is 14.7 Å². The van der Waals surface area contributed by atoms with Gasteiger partial charge in [-0.2, -0.15) is 5.10 Å². The highest BCUT2D eigenvalue weighted by atomic mass is 35.5. The van der Waals surface area contributed by atoms with E-state index in [1.807, 2.05) is 78.9 Å². The zero-order valence-corrected chi connectivity index (χ0v) is 23.5. The summed E-state index contributed by atoms with van der Waals surface area (Å²) in [6.45, 7) is 8.34. The highest BCUT2D eigenvalue weighted by Gasteiger charge is 2.24. The zero-order chi connectivity index (χ0) is 28.0. The second-order valence-electron chi connectivity index (χ2n) is 10.4. The molecule has 4 aromatic rings. The van der Waals surface area contributed by atoms with E-state index in [1.165, 1.54) is 10.5 Å². The number of carbonyl (C=O) groups is 2. The third kappa shape index (κ3) is 7.27. The molecule has 3 amide bonds. The summed E-state index contributed by atoms with van der Waals surface area (Å²) in [6.07, 6.45) is 0.913. The average Bonchev–Trinajstić information content (AvgIpc) is 3.33. The molecule has 4 rings (SSSR count). The summed E-state index contributed by atoms with van der Waals surface area (Å²) in [5, 5.41) is 11.1. The van der Waals surface area contributed by atoms with Crippen molar-refractivity contribution < 1.29 is 9.59 Å². The summed E-state index contributed by atoms with van der Waals surface area (Å²) in [7, 11) is 0. The Morgan fingerprint density at radius 2 is 1.56 bits per heavy atom. The minimum absolute atomic E-state index is 0.160. The van der Waals surface area contributed by atoms with Crippen molar-refractivity contribution >= 4 is 35.0 Å². The average molecular weight is 544 g/mol. The van der Waals surface area contributed by atoms with Crippen LogP contribution < -0.4 is 10.6 Å². The molecule has 39 heavy (non-hydrogen) atoms. The van der Waals surface area contributed by atoms with E-state index in [4.69, 9.17) is 16.7 Å². The van der Waals surface area contributed by atoms with Gasteiger partial charge in [0.2, 0.25) is 5.91 Å². The van der Waals surface area contributed by atoms with E-state index >= 15 is 0 Å². The molecule has 0 fully saturated rings. The van der Waals surface area contributed by atoms with Crippen molar-refractivity contribution in [1.29, 1.82) is 0 Å². The number of carbonyl (C=O) groups excluding carboxylic acids is 2. The van der Waals surface area contributed by atoms with Crippen LogP contribution in [0.15, 0.2) is 84.9 Å². The van der Waals surface area contributed by atoms with Crippen LogP contribution in [0.2, 0.25) is 5.02 Å². The molecular formula is C31H34ClN5O2. The van der Waals surface area contributed by atoms with Crippen molar-refractivity contribution in [2.45, 2.75) is 46.1 Å². The standard InChI is InChI=1S/C31H34ClN5O2/c1-5-22-15-17-24(18-16-22)33-30(39)36(20-23-11-7-6-8-12-23)21-29(38)34-28-19-27(31(2,3)4)35-37(28)26-14-10-9-13-25(26)32/h6-19H,5,20-21H2,1-4H3,(H,33,39)(H,34,38). The normalized spacial score (nSPS) is 11.2. The second kappa shape index (κ2) is 12.2. The molecule has 0 aliphatic heterocycles. The summed E-state index contributed by atoms with van der Waals surface area (Å²) in [6, 6.07) is 26.1. The van der Waals surface area contributed by atoms with Gasteiger partial charge in [0.15, 0.2) is 0 Å². The molecule has 1 heterocycles. The van der Waals surface area contributed by atoms with E-state index in [2.05, 4.69) is 38.3 Å². The molecule has 202 valence electrons. The lowest BCUT2D eigenvalue weighted by Crippen LogP contribution is -2.40. The van der Waals surface area contributed by atoms with Crippen LogP contribution >= 0.6 is 11.6 Å². The van der Waals surface area contributed by atoms with Crippen molar-refractivity contribution in [3.63, 3.8) is 0 Å². The molecule has 0 saturated carbocycles. The van der Waals surface area contributed by atoms with Gasteiger partial charge in [-0.05, 0) is 41.8 Å². The van der Waals surface area contributed by atoms with E-state index in [0.29, 0.717) is 22.2 Å². The number of amides is 3. The molecule has 0 atom stereocenters. The maximum absolute atomic E-state index is 13.4. The number of benzene rings is 3. The molecule has 0 radical (unpaired) electrons. The first-order valence-corrected chi connectivity index (χ1v) is 13.4. The number of rotatable bonds is 8. The second-order valence-corrected chi connectivity index (χ2v) is 10.8. The van der Waals surface area contributed by atoms with E-state index in [-0.39, 0.29) is 30.4 Å². The fourth-order valence-corrected chi connectivity index (χ4v) is 4.24. The molecule has 0 saturated heterocycles. The Morgan fingerprint density at radius 1 is 0.897 bits per heavy atom. The number of urea groups is 1. The highest BCUT2D eigenvalue weighted by molar-refractivity contribution is 6.32. The van der Waals surface area contributed by atoms with Gasteiger partial charge in [-0.15, -0.1) is 0 Å². The lowest BCUT2D eigenvalue weighted by atomic mass is 9.92. The summed E-state index contributed by atoms with van der Waals surface area (Å²) in [4.78, 5) is 28.2. The Morgan fingerprint density at radius 3 is 2.21 bits per heavy atom. The quantitative estimate of drug-likeness (QED) is 0.250. The molecule has 0 aliphatic carbocycles. The van der Waals surface area contributed by atoms with Crippen LogP contribution in [0.3, 0.4) is 0 Å². The summed E-state index contributed by atoms with van der Waals surface area (Å²) < 4.78 is 1.64. The van der Waals surface area contributed by atoms with Crippen molar-refractivity contribution in [2.24, 2.45) is 0 Å². The Labute approximate surface area is 234 Å². The van der Waals surface area contributed by atoms with Gasteiger partial charge < -0.3 is 15.5 Å². The molecule has 8 heteroatoms. The highest BCUT2D eigenvalue weighted by Crippen LogP contribution is 2.29. The number of nitrogens with zero attached hydrogens (tertiary/aromatic N) is 3. The fourth-order valence-electron chi connectivity index (χ4n) is 4.03. The number of nitrogens with one attached hydrogen (secondary N) is 2. The van der Waals surface area contributed by atoms with Crippen LogP contribution in [0, 0.1) is 0 Å². The summed E-state index contributed by atoms with van der Waals surface area (Å²) in [5.74, 6) is 0.129. The van der Waals surface area contributed by atoms with Gasteiger partial charge in [-0.25, -0.2) is 9.48 Å². The molecule has 0 spiro atoms. The van der Waals surface area contributed by atoms with Crippen molar-refractivity contribution in [2.75, 3.05) is 17.2 Å². The van der Waals surface area contributed by atoms with Crippen LogP contribution in [0.4, 0.5) is 16.3 Å². The fraction of sp³-hybridized carbons (Fsp3) is 0.258. The Balaban J connectivity index is 1.58. The summed E-state index contributed by atoms with van der Waals surface area (Å²) in [5.41, 5.74) is 3.96. The van der Waals surface area contributed by atoms with Crippen LogP contribution in [-0.4, -0.2) is 33.2 Å². The number of aryl methyl sites for hydroxylation is 1. The van der Waals surface area contributed by atoms with Gasteiger partial charge in [0, 0.05) is 23.7 Å². The van der Waals surface area contributed by atoms with E-state index in [1.54, 1.807) is 10.7 Å². The SMILES string of the molecule is CCc1ccc(NC(=O)N(CC(=O)Nc2cc(C(C)(C)C)nn2-c2ccccc2Cl)Cc2ccccc2)cc1. The summed E-state index contributed by atoms with van der Waals surface area (Å²) >= 11 is 6.47. The molecule has 2 N–H and O–H groups in total. The van der Waals surface area contributed by atoms with Gasteiger partial charge in [0.25, 0.3) is 0 Å². The monoisotopic (exact) mass is 543 g/mol. The van der Waals surface area contributed by atoms with Gasteiger partial charge in [-0.1, -0.05) is 93.9 Å². The lowest BCUT2D eigenvalue weighted by Gasteiger charge is -2.23. The van der Waals surface area contributed by atoms with Crippen molar-refractivity contribution in [3.8, 4) is 5.69 Å². The maximum atomic E-state index is 13.4. The van der Waals surface area contributed by atoms with Gasteiger partial charge in [0.1, 0.15) is 12.4 Å². The smallest absolute Gasteiger partial charge is 0.311 e. The van der Waals surface area contributed by atoms with Crippen LogP contribution in [0.5, 0.6) is 0 Å². The molecule has 3 aromatic carbocycles. The largest absolute Gasteiger partial charge is 0.322 e. The van der Waals surface area contributed by atoms with E-state index in [0.717, 1.165) is 17.7 Å². The minimum Gasteiger partial charge on any atom is -0.311 e. The van der Waals surface area contributed by atoms with Gasteiger partial charge in [-0.3, -0.25) is 4.79 Å². The van der Waals surface area contributed by atoms with Crippen molar-refractivity contribution in [3.05, 3.63) is 107 Å². The first-order chi connectivity index (χ1) is 18.6. The maximum Gasteiger partial charge on any atom is 0.322 e. The Bertz CT molecular complexity index is 1430. The predicted octanol–water partition coefficient (Wildman–Crippen LogP) is 7.06. The van der Waals surface area contributed by atoms with Gasteiger partial charge >= 0.3 is 6.03 Å². The molecule has 0 aliphatic rings. The molecule has 0 unspecified atom stereocenters. The molecule has 0 bridgehead atoms. The lowest BCUT2D eigenvalue weighted by molar-refractivity contribution is -0.116. The van der Waals surface area contributed by atoms with Crippen LogP contribution in [-0.2, 0) is 23.2 Å². The minimum atomic E-state index is -0.367. The number of anilines is 2. The molecule has 1 aromatic heterocycles. The third-order valence-corrected chi connectivity index (χ3v) is 6.60. The first-order valence-electron chi connectivity index (χ1n) is 13.0. The van der Waals surface area contributed by atoms with Gasteiger partial charge in [0.05, 0.1) is 16.4 Å². The molecule has 7 nitrogen and oxygen atoms in total. The Hall–Kier alpha value is -4.10. The Kier molecular flexibility index (Phi) is 8.72. The topological polar surface area (TPSA) is 79.3 Å². The number of halogens is 1. The zero-order valence-electron chi connectivity index (χ0n) is 22.7. The molecular weight excluding hydrogens is 510 g/mol. The van der Waals surface area contributed by atoms with Crippen LogP contribution in [0.25, 0.3) is 5.69 Å². The number of para-hydroxylation sites is 1. The third-order valence-electron chi connectivity index (χ3n) is 6.28.